The minimum absolute atomic E-state index is 0.0795. The predicted molar refractivity (Wildman–Crippen MR) is 193 cm³/mol. The van der Waals surface area contributed by atoms with E-state index in [2.05, 4.69) is 17.1 Å². The van der Waals surface area contributed by atoms with Crippen molar-refractivity contribution < 1.29 is 27.6 Å². The number of rotatable bonds is 20. The fourth-order valence-corrected chi connectivity index (χ4v) is 7.93. The Bertz CT molecular complexity index is 1520. The lowest BCUT2D eigenvalue weighted by Gasteiger charge is -2.34. The summed E-state index contributed by atoms with van der Waals surface area (Å²) in [5.74, 6) is -0.389. The molecule has 2 unspecified atom stereocenters. The number of thiophene rings is 1. The summed E-state index contributed by atoms with van der Waals surface area (Å²) in [5.41, 5.74) is 0.270. The van der Waals surface area contributed by atoms with E-state index in [-0.39, 0.29) is 34.9 Å². The van der Waals surface area contributed by atoms with E-state index in [9.17, 15) is 23.5 Å². The van der Waals surface area contributed by atoms with Crippen LogP contribution in [0.2, 0.25) is 0 Å². The van der Waals surface area contributed by atoms with E-state index in [0.717, 1.165) is 50.3 Å². The molecule has 0 spiro atoms. The van der Waals surface area contributed by atoms with Gasteiger partial charge in [-0.15, -0.1) is 11.3 Å². The molecule has 1 fully saturated rings. The smallest absolute Gasteiger partial charge is 0.279 e. The summed E-state index contributed by atoms with van der Waals surface area (Å²) in [7, 11) is 2.02. The van der Waals surface area contributed by atoms with Crippen molar-refractivity contribution in [1.82, 2.24) is 0 Å². The second-order valence-corrected chi connectivity index (χ2v) is 15.4. The van der Waals surface area contributed by atoms with Crippen LogP contribution in [0.3, 0.4) is 0 Å². The molecule has 47 heavy (non-hydrogen) atoms. The van der Waals surface area contributed by atoms with Crippen LogP contribution in [0.25, 0.3) is 21.6 Å². The molecule has 260 valence electrons. The second-order valence-electron chi connectivity index (χ2n) is 13.3. The topological polar surface area (TPSA) is 123 Å². The average molecular weight is 688 g/mol. The summed E-state index contributed by atoms with van der Waals surface area (Å²) in [6.07, 6.45) is 16.3. The lowest BCUT2D eigenvalue weighted by atomic mass is 10.1. The first-order chi connectivity index (χ1) is 22.7. The maximum Gasteiger partial charge on any atom is 0.279 e. The first-order valence-corrected chi connectivity index (χ1v) is 19.6. The van der Waals surface area contributed by atoms with Gasteiger partial charge in [0.1, 0.15) is 5.58 Å². The number of piperidine rings is 1. The van der Waals surface area contributed by atoms with Crippen molar-refractivity contribution in [3.63, 3.8) is 0 Å². The number of anilines is 2. The standard InChI is InChI=1S/C36H53N3O6S2/c1-3-4-5-6-7-8-9-10-11-15-23-39(2,24-16-25-47(43)44)27-32(40)37-28-17-18-29-30(26-28)45-36(35(42)34(29)41)31-19-20-33(46-31)38-21-13-12-14-22-38/h17-20,26H,3-16,21-25,27H2,1-2H3,(H2-,37,40,41,42,43,44). The third-order valence-corrected chi connectivity index (χ3v) is 11.0. The Hall–Kier alpha value is -2.73. The molecule has 0 bridgehead atoms. The van der Waals surface area contributed by atoms with Crippen LogP contribution < -0.4 is 15.6 Å². The largest absolute Gasteiger partial charge is 0.772 e. The molecule has 1 aliphatic rings. The molecule has 0 radical (unpaired) electrons. The van der Waals surface area contributed by atoms with Crippen LogP contribution in [0.4, 0.5) is 10.7 Å². The molecule has 2 aromatic heterocycles. The van der Waals surface area contributed by atoms with Gasteiger partial charge < -0.3 is 28.8 Å². The molecule has 1 aromatic carbocycles. The highest BCUT2D eigenvalue weighted by atomic mass is 32.2. The van der Waals surface area contributed by atoms with Gasteiger partial charge in [-0.2, -0.15) is 0 Å². The number of unbranched alkanes of at least 4 members (excludes halogenated alkanes) is 9. The number of hydrogen-bond donors (Lipinski definition) is 2. The lowest BCUT2D eigenvalue weighted by molar-refractivity contribution is -0.902. The number of nitrogens with one attached hydrogen (secondary N) is 1. The van der Waals surface area contributed by atoms with Crippen molar-refractivity contribution in [3.05, 3.63) is 40.6 Å². The minimum atomic E-state index is -2.11. The molecule has 0 saturated carbocycles. The van der Waals surface area contributed by atoms with Crippen LogP contribution in [-0.4, -0.2) is 69.8 Å². The first-order valence-electron chi connectivity index (χ1n) is 17.5. The van der Waals surface area contributed by atoms with E-state index in [4.69, 9.17) is 4.42 Å². The summed E-state index contributed by atoms with van der Waals surface area (Å²) in [6.45, 7) is 5.82. The summed E-state index contributed by atoms with van der Waals surface area (Å²) >= 11 is -0.617. The van der Waals surface area contributed by atoms with E-state index in [0.29, 0.717) is 28.0 Å². The summed E-state index contributed by atoms with van der Waals surface area (Å²) in [4.78, 5) is 29.4. The first kappa shape index (κ1) is 37.1. The fraction of sp³-hybridized carbons (Fsp3) is 0.611. The average Bonchev–Trinajstić information content (AvgIpc) is 3.54. The van der Waals surface area contributed by atoms with Crippen molar-refractivity contribution in [3.8, 4) is 16.4 Å². The van der Waals surface area contributed by atoms with E-state index in [1.54, 1.807) is 18.2 Å². The van der Waals surface area contributed by atoms with Gasteiger partial charge in [0, 0.05) is 37.0 Å². The van der Waals surface area contributed by atoms with E-state index in [1.807, 2.05) is 19.2 Å². The van der Waals surface area contributed by atoms with Gasteiger partial charge in [0.2, 0.25) is 11.2 Å². The molecule has 4 rings (SSSR count). The molecule has 1 aliphatic heterocycles. The fourth-order valence-electron chi connectivity index (χ4n) is 6.52. The van der Waals surface area contributed by atoms with Crippen molar-refractivity contribution in [2.24, 2.45) is 0 Å². The molecule has 1 saturated heterocycles. The Morgan fingerprint density at radius 3 is 2.32 bits per heavy atom. The summed E-state index contributed by atoms with van der Waals surface area (Å²) in [5, 5.41) is 15.1. The van der Waals surface area contributed by atoms with Crippen LogP contribution in [0, 0.1) is 0 Å². The lowest BCUT2D eigenvalue weighted by Crippen LogP contribution is -2.50. The quantitative estimate of drug-likeness (QED) is 0.0706. The molecule has 2 N–H and O–H groups in total. The third kappa shape index (κ3) is 11.4. The number of hydrogen-bond acceptors (Lipinski definition) is 8. The Morgan fingerprint density at radius 1 is 0.979 bits per heavy atom. The number of carbonyl (C=O) groups excluding carboxylic acids is 1. The Kier molecular flexibility index (Phi) is 14.8. The summed E-state index contributed by atoms with van der Waals surface area (Å²) < 4.78 is 29.0. The Labute approximate surface area is 286 Å². The van der Waals surface area contributed by atoms with E-state index < -0.39 is 22.3 Å². The number of benzene rings is 1. The highest BCUT2D eigenvalue weighted by Crippen LogP contribution is 2.39. The van der Waals surface area contributed by atoms with E-state index >= 15 is 0 Å². The SMILES string of the molecule is CCCCCCCCCCCC[N+](C)(CCCS(=O)[O-])CC(=O)Nc1ccc2c(=O)c(O)c(-c3ccc(N4CCCCC4)s3)oc2c1. The van der Waals surface area contributed by atoms with Crippen molar-refractivity contribution in [1.29, 1.82) is 0 Å². The van der Waals surface area contributed by atoms with Gasteiger partial charge in [0.05, 0.1) is 35.4 Å². The number of carbonyl (C=O) groups is 1. The highest BCUT2D eigenvalue weighted by molar-refractivity contribution is 7.79. The predicted octanol–water partition coefficient (Wildman–Crippen LogP) is 7.79. The van der Waals surface area contributed by atoms with Crippen LogP contribution in [0.1, 0.15) is 96.8 Å². The van der Waals surface area contributed by atoms with Gasteiger partial charge >= 0.3 is 0 Å². The van der Waals surface area contributed by atoms with Crippen LogP contribution in [-0.2, 0) is 15.9 Å². The second kappa shape index (κ2) is 18.7. The van der Waals surface area contributed by atoms with Crippen LogP contribution in [0.5, 0.6) is 5.75 Å². The number of fused-ring (bicyclic) bond motifs is 1. The monoisotopic (exact) mass is 687 g/mol. The molecule has 1 amide bonds. The van der Waals surface area contributed by atoms with Crippen molar-refractivity contribution in [2.45, 2.75) is 96.8 Å². The van der Waals surface area contributed by atoms with Crippen molar-refractivity contribution >= 4 is 50.0 Å². The summed E-state index contributed by atoms with van der Waals surface area (Å²) in [6, 6.07) is 8.72. The normalized spacial score (nSPS) is 15.5. The van der Waals surface area contributed by atoms with Crippen molar-refractivity contribution in [2.75, 3.05) is 55.7 Å². The van der Waals surface area contributed by atoms with Gasteiger partial charge in [0.15, 0.2) is 12.3 Å². The molecular weight excluding hydrogens is 635 g/mol. The maximum absolute atomic E-state index is 13.3. The maximum atomic E-state index is 13.3. The number of amides is 1. The molecule has 3 aromatic rings. The molecule has 2 atom stereocenters. The van der Waals surface area contributed by atoms with Crippen LogP contribution >= 0.6 is 11.3 Å². The van der Waals surface area contributed by atoms with Crippen LogP contribution in [0.15, 0.2) is 39.5 Å². The zero-order chi connectivity index (χ0) is 33.6. The van der Waals surface area contributed by atoms with Gasteiger partial charge in [0.25, 0.3) is 5.91 Å². The van der Waals surface area contributed by atoms with Gasteiger partial charge in [-0.25, -0.2) is 0 Å². The zero-order valence-corrected chi connectivity index (χ0v) is 29.9. The number of nitrogens with zero attached hydrogens (tertiary/aromatic N) is 2. The number of quaternary nitrogens is 1. The number of likely N-dealkylation sites (N-methyl/N-ethyl adjacent to an activating group) is 1. The molecule has 0 aliphatic carbocycles. The van der Waals surface area contributed by atoms with E-state index in [1.165, 1.54) is 69.1 Å². The minimum Gasteiger partial charge on any atom is -0.772 e. The Morgan fingerprint density at radius 2 is 1.64 bits per heavy atom. The van der Waals surface area contributed by atoms with Gasteiger partial charge in [-0.1, -0.05) is 69.4 Å². The Balaban J connectivity index is 1.38. The molecular formula is C36H53N3O6S2. The number of aromatic hydroxyl groups is 1. The molecule has 9 nitrogen and oxygen atoms in total. The molecule has 11 heteroatoms. The zero-order valence-electron chi connectivity index (χ0n) is 28.2. The molecule has 3 heterocycles. The highest BCUT2D eigenvalue weighted by Gasteiger charge is 2.26. The van der Waals surface area contributed by atoms with Gasteiger partial charge in [-0.05, 0) is 56.4 Å². The third-order valence-electron chi connectivity index (χ3n) is 9.22. The van der Waals surface area contributed by atoms with Gasteiger partial charge in [-0.3, -0.25) is 13.8 Å².